The molecule has 4 nitrogen and oxygen atoms in total. The highest BCUT2D eigenvalue weighted by molar-refractivity contribution is 6.34. The molecule has 2 aromatic rings. The van der Waals surface area contributed by atoms with Crippen molar-refractivity contribution in [3.63, 3.8) is 0 Å². The summed E-state index contributed by atoms with van der Waals surface area (Å²) in [5.74, 6) is 3.61. The average Bonchev–Trinajstić information content (AvgIpc) is 3.04. The summed E-state index contributed by atoms with van der Waals surface area (Å²) in [6.07, 6.45) is 5.91. The van der Waals surface area contributed by atoms with Gasteiger partial charge in [0.05, 0.1) is 28.6 Å². The van der Waals surface area contributed by atoms with Crippen LogP contribution in [0.2, 0.25) is 5.02 Å². The zero-order valence-corrected chi connectivity index (χ0v) is 18.2. The van der Waals surface area contributed by atoms with Crippen molar-refractivity contribution in [2.75, 3.05) is 18.4 Å². The van der Waals surface area contributed by atoms with Gasteiger partial charge in [0, 0.05) is 24.0 Å². The fraction of sp³-hybridized carbons (Fsp3) is 0.583. The Morgan fingerprint density at radius 3 is 2.62 bits per heavy atom. The Morgan fingerprint density at radius 1 is 1.17 bits per heavy atom. The van der Waals surface area contributed by atoms with Gasteiger partial charge in [0.25, 0.3) is 0 Å². The fourth-order valence-corrected chi connectivity index (χ4v) is 6.75. The Bertz CT molecular complexity index is 1000. The molecule has 29 heavy (non-hydrogen) atoms. The van der Waals surface area contributed by atoms with E-state index >= 15 is 0 Å². The minimum Gasteiger partial charge on any atom is -0.459 e. The molecule has 2 aliphatic carbocycles. The van der Waals surface area contributed by atoms with Crippen LogP contribution in [0.3, 0.4) is 0 Å². The molecule has 2 saturated carbocycles. The molecular weight excluding hydrogens is 382 g/mol. The maximum atomic E-state index is 6.74. The average molecular weight is 412 g/mol. The van der Waals surface area contributed by atoms with E-state index in [9.17, 15) is 0 Å². The highest BCUT2D eigenvalue weighted by Crippen LogP contribution is 2.62. The van der Waals surface area contributed by atoms with Gasteiger partial charge in [-0.05, 0) is 42.2 Å². The number of nitrogens with zero attached hydrogens (tertiary/aromatic N) is 1. The number of benzene rings is 1. The summed E-state index contributed by atoms with van der Waals surface area (Å²) >= 11 is 6.74. The van der Waals surface area contributed by atoms with Crippen LogP contribution in [0.4, 0.5) is 5.69 Å². The molecule has 2 atom stereocenters. The first-order valence-electron chi connectivity index (χ1n) is 11.1. The van der Waals surface area contributed by atoms with E-state index < -0.39 is 0 Å². The molecule has 0 bridgehead atoms. The van der Waals surface area contributed by atoms with Crippen molar-refractivity contribution in [2.24, 2.45) is 17.3 Å². The van der Waals surface area contributed by atoms with Crippen molar-refractivity contribution in [3.8, 4) is 0 Å². The maximum absolute atomic E-state index is 6.74. The summed E-state index contributed by atoms with van der Waals surface area (Å²) in [4.78, 5) is 2.56. The summed E-state index contributed by atoms with van der Waals surface area (Å²) in [7, 11) is 0. The van der Waals surface area contributed by atoms with Crippen molar-refractivity contribution >= 4 is 28.3 Å². The number of likely N-dealkylation sites (tertiary alicyclic amines) is 1. The van der Waals surface area contributed by atoms with Crippen molar-refractivity contribution in [3.05, 3.63) is 40.9 Å². The molecule has 2 aliphatic heterocycles. The molecule has 1 spiro atoms. The number of piperidine rings is 1. The smallest absolute Gasteiger partial charge is 0.142 e. The molecule has 0 amide bonds. The van der Waals surface area contributed by atoms with Gasteiger partial charge in [-0.3, -0.25) is 4.90 Å². The number of halogens is 1. The molecule has 6 rings (SSSR count). The Hall–Kier alpha value is -1.65. The van der Waals surface area contributed by atoms with E-state index in [1.165, 1.54) is 37.9 Å². The van der Waals surface area contributed by atoms with Gasteiger partial charge in [-0.1, -0.05) is 51.3 Å². The zero-order chi connectivity index (χ0) is 20.0. The van der Waals surface area contributed by atoms with Crippen LogP contribution in [0, 0.1) is 17.3 Å². The van der Waals surface area contributed by atoms with Crippen LogP contribution in [0.15, 0.2) is 28.9 Å². The van der Waals surface area contributed by atoms with Crippen LogP contribution < -0.4 is 10.6 Å². The number of furan rings is 1. The van der Waals surface area contributed by atoms with Gasteiger partial charge in [-0.25, -0.2) is 0 Å². The minimum atomic E-state index is -0.118. The lowest BCUT2D eigenvalue weighted by Crippen LogP contribution is -2.48. The molecule has 0 radical (unpaired) electrons. The van der Waals surface area contributed by atoms with E-state index in [4.69, 9.17) is 16.0 Å². The topological polar surface area (TPSA) is 40.4 Å². The Labute approximate surface area is 177 Å². The largest absolute Gasteiger partial charge is 0.459 e. The molecule has 3 fully saturated rings. The quantitative estimate of drug-likeness (QED) is 0.653. The second-order valence-corrected chi connectivity index (χ2v) is 10.7. The first-order chi connectivity index (χ1) is 13.9. The monoisotopic (exact) mass is 411 g/mol. The summed E-state index contributed by atoms with van der Waals surface area (Å²) in [6.45, 7) is 12.3. The van der Waals surface area contributed by atoms with Crippen LogP contribution in [0.25, 0.3) is 11.0 Å². The molecule has 5 heteroatoms. The van der Waals surface area contributed by atoms with Crippen LogP contribution in [0.5, 0.6) is 0 Å². The summed E-state index contributed by atoms with van der Waals surface area (Å²) in [5.41, 5.74) is 3.62. The SMILES string of the molecule is C=C1Nc2c(Cl)cc3cc(CN4CC5C(C4)C5(C)C)oc3c2C2(CCCCC2)N1. The first-order valence-corrected chi connectivity index (χ1v) is 11.5. The van der Waals surface area contributed by atoms with E-state index in [2.05, 4.69) is 48.1 Å². The van der Waals surface area contributed by atoms with Crippen molar-refractivity contribution in [1.82, 2.24) is 10.2 Å². The van der Waals surface area contributed by atoms with Gasteiger partial charge in [-0.2, -0.15) is 0 Å². The summed E-state index contributed by atoms with van der Waals surface area (Å²) in [6, 6.07) is 4.26. The molecule has 2 N–H and O–H groups in total. The highest BCUT2D eigenvalue weighted by atomic mass is 35.5. The van der Waals surface area contributed by atoms with E-state index in [0.29, 0.717) is 5.41 Å². The second-order valence-electron chi connectivity index (χ2n) is 10.3. The molecule has 1 aromatic heterocycles. The molecule has 1 aromatic carbocycles. The normalized spacial score (nSPS) is 29.4. The van der Waals surface area contributed by atoms with Gasteiger partial charge < -0.3 is 15.1 Å². The lowest BCUT2D eigenvalue weighted by Gasteiger charge is -2.44. The lowest BCUT2D eigenvalue weighted by molar-refractivity contribution is 0.233. The molecule has 2 unspecified atom stereocenters. The van der Waals surface area contributed by atoms with Crippen molar-refractivity contribution in [1.29, 1.82) is 0 Å². The highest BCUT2D eigenvalue weighted by Gasteiger charge is 2.61. The third-order valence-corrected chi connectivity index (χ3v) is 8.54. The van der Waals surface area contributed by atoms with E-state index in [1.807, 2.05) is 0 Å². The van der Waals surface area contributed by atoms with E-state index in [1.54, 1.807) is 0 Å². The second kappa shape index (κ2) is 5.95. The Balaban J connectivity index is 1.39. The third-order valence-electron chi connectivity index (χ3n) is 8.24. The van der Waals surface area contributed by atoms with E-state index in [0.717, 1.165) is 64.5 Å². The lowest BCUT2D eigenvalue weighted by atomic mass is 9.74. The predicted molar refractivity (Wildman–Crippen MR) is 118 cm³/mol. The van der Waals surface area contributed by atoms with Crippen LogP contribution >= 0.6 is 11.6 Å². The van der Waals surface area contributed by atoms with E-state index in [-0.39, 0.29) is 5.54 Å². The zero-order valence-electron chi connectivity index (χ0n) is 17.4. The van der Waals surface area contributed by atoms with Crippen LogP contribution in [-0.4, -0.2) is 18.0 Å². The van der Waals surface area contributed by atoms with Gasteiger partial charge in [-0.15, -0.1) is 0 Å². The molecular formula is C24H30ClN3O. The number of anilines is 1. The predicted octanol–water partition coefficient (Wildman–Crippen LogP) is 5.82. The van der Waals surface area contributed by atoms with Gasteiger partial charge >= 0.3 is 0 Å². The number of hydrogen-bond donors (Lipinski definition) is 2. The Kier molecular flexibility index (Phi) is 3.72. The first kappa shape index (κ1) is 18.1. The fourth-order valence-electron chi connectivity index (χ4n) is 6.49. The standard InChI is InChI=1S/C24H30ClN3O/c1-14-26-21-19(25)10-15-9-16(11-28-12-17-18(13-28)23(17,2)3)29-22(15)20(21)24(27-14)7-5-4-6-8-24/h9-10,17-18,26-27H,1,4-8,11-13H2,2-3H3. The van der Waals surface area contributed by atoms with Crippen molar-refractivity contribution < 1.29 is 4.42 Å². The molecule has 1 saturated heterocycles. The molecule has 3 heterocycles. The number of hydrogen-bond acceptors (Lipinski definition) is 4. The van der Waals surface area contributed by atoms with Gasteiger partial charge in [0.1, 0.15) is 11.3 Å². The van der Waals surface area contributed by atoms with Gasteiger partial charge in [0.2, 0.25) is 0 Å². The Morgan fingerprint density at radius 2 is 1.90 bits per heavy atom. The molecule has 154 valence electrons. The molecule has 4 aliphatic rings. The van der Waals surface area contributed by atoms with Gasteiger partial charge in [0.15, 0.2) is 0 Å². The summed E-state index contributed by atoms with van der Waals surface area (Å²) < 4.78 is 6.54. The third kappa shape index (κ3) is 2.61. The summed E-state index contributed by atoms with van der Waals surface area (Å²) in [5, 5.41) is 8.94. The number of rotatable bonds is 2. The number of fused-ring (bicyclic) bond motifs is 5. The minimum absolute atomic E-state index is 0.118. The maximum Gasteiger partial charge on any atom is 0.142 e. The van der Waals surface area contributed by atoms with Crippen LogP contribution in [-0.2, 0) is 12.1 Å². The van der Waals surface area contributed by atoms with Crippen molar-refractivity contribution in [2.45, 2.75) is 58.0 Å². The number of nitrogens with one attached hydrogen (secondary N) is 2. The van der Waals surface area contributed by atoms with Crippen LogP contribution in [0.1, 0.15) is 57.3 Å².